The Labute approximate surface area is 180 Å². The number of hydrogen-bond donors (Lipinski definition) is 2. The number of aromatic nitrogens is 2. The van der Waals surface area contributed by atoms with E-state index in [1.165, 1.54) is 6.07 Å². The fourth-order valence-electron chi connectivity index (χ4n) is 2.41. The number of rotatable bonds is 10. The number of aryl methyl sites for hydroxylation is 1. The Morgan fingerprint density at radius 2 is 2.11 bits per heavy atom. The van der Waals surface area contributed by atoms with Crippen LogP contribution in [0, 0.1) is 0 Å². The highest BCUT2D eigenvalue weighted by Gasteiger charge is 2.11. The lowest BCUT2D eigenvalue weighted by molar-refractivity contribution is -0.0514. The first-order valence-corrected chi connectivity index (χ1v) is 8.74. The van der Waals surface area contributed by atoms with E-state index in [0.29, 0.717) is 24.9 Å². The van der Waals surface area contributed by atoms with Crippen LogP contribution < -0.4 is 20.1 Å². The van der Waals surface area contributed by atoms with Gasteiger partial charge in [-0.15, -0.1) is 24.0 Å². The number of alkyl halides is 2. The highest BCUT2D eigenvalue weighted by Crippen LogP contribution is 2.29. The first-order chi connectivity index (χ1) is 13.1. The van der Waals surface area contributed by atoms with E-state index in [2.05, 4.69) is 25.5 Å². The van der Waals surface area contributed by atoms with Crippen molar-refractivity contribution in [3.63, 3.8) is 0 Å². The molecule has 0 fully saturated rings. The van der Waals surface area contributed by atoms with Crippen molar-refractivity contribution in [3.8, 4) is 11.5 Å². The monoisotopic (exact) mass is 509 g/mol. The van der Waals surface area contributed by atoms with Gasteiger partial charge in [0.05, 0.1) is 6.61 Å². The predicted octanol–water partition coefficient (Wildman–Crippen LogP) is 3.26. The van der Waals surface area contributed by atoms with Crippen molar-refractivity contribution in [2.24, 2.45) is 4.99 Å². The van der Waals surface area contributed by atoms with Crippen LogP contribution in [-0.2, 0) is 13.1 Å². The zero-order valence-corrected chi connectivity index (χ0v) is 18.2. The van der Waals surface area contributed by atoms with E-state index >= 15 is 0 Å². The number of guanidine groups is 1. The second kappa shape index (κ2) is 13.1. The molecule has 28 heavy (non-hydrogen) atoms. The number of benzene rings is 1. The van der Waals surface area contributed by atoms with Crippen molar-refractivity contribution in [3.05, 3.63) is 42.2 Å². The van der Waals surface area contributed by atoms with Crippen LogP contribution in [0.15, 0.2) is 41.7 Å². The van der Waals surface area contributed by atoms with Crippen LogP contribution in [0.1, 0.15) is 18.9 Å². The molecule has 1 heterocycles. The second-order valence-electron chi connectivity index (χ2n) is 5.57. The minimum Gasteiger partial charge on any atom is -0.490 e. The van der Waals surface area contributed by atoms with Gasteiger partial charge in [0.2, 0.25) is 0 Å². The summed E-state index contributed by atoms with van der Waals surface area (Å²) in [5.74, 6) is 0.970. The highest BCUT2D eigenvalue weighted by atomic mass is 127. The van der Waals surface area contributed by atoms with Gasteiger partial charge in [0, 0.05) is 39.1 Å². The van der Waals surface area contributed by atoms with E-state index in [0.717, 1.165) is 25.1 Å². The summed E-state index contributed by atoms with van der Waals surface area (Å²) < 4.78 is 36.6. The Hall–Kier alpha value is -2.11. The summed E-state index contributed by atoms with van der Waals surface area (Å²) in [6.07, 6.45) is 4.57. The van der Waals surface area contributed by atoms with Crippen molar-refractivity contribution >= 4 is 29.9 Å². The maximum atomic E-state index is 12.5. The number of nitrogens with one attached hydrogen (secondary N) is 2. The molecule has 0 bridgehead atoms. The van der Waals surface area contributed by atoms with Gasteiger partial charge >= 0.3 is 6.61 Å². The SMILES string of the molecule is CCOc1cc(CNC(=NC)NCCCn2cccn2)ccc1OC(F)F.I. The number of halogens is 3. The van der Waals surface area contributed by atoms with Gasteiger partial charge in [0.1, 0.15) is 0 Å². The minimum atomic E-state index is -2.89. The van der Waals surface area contributed by atoms with E-state index in [-0.39, 0.29) is 29.7 Å². The molecule has 2 N–H and O–H groups in total. The normalized spacial score (nSPS) is 11.1. The molecular weight excluding hydrogens is 483 g/mol. The number of ether oxygens (including phenoxy) is 2. The van der Waals surface area contributed by atoms with Crippen molar-refractivity contribution < 1.29 is 18.3 Å². The quantitative estimate of drug-likeness (QED) is 0.223. The first kappa shape index (κ1) is 23.9. The van der Waals surface area contributed by atoms with Crippen LogP contribution in [0.4, 0.5) is 8.78 Å². The molecule has 0 unspecified atom stereocenters. The van der Waals surface area contributed by atoms with E-state index < -0.39 is 6.61 Å². The largest absolute Gasteiger partial charge is 0.490 e. The van der Waals surface area contributed by atoms with E-state index in [1.54, 1.807) is 32.3 Å². The van der Waals surface area contributed by atoms with E-state index in [4.69, 9.17) is 4.74 Å². The lowest BCUT2D eigenvalue weighted by Gasteiger charge is -2.15. The molecule has 156 valence electrons. The molecule has 1 aromatic heterocycles. The molecule has 0 aliphatic carbocycles. The summed E-state index contributed by atoms with van der Waals surface area (Å²) >= 11 is 0. The standard InChI is InChI=1S/C18H25F2N5O2.HI/c1-3-26-16-12-14(6-7-15(16)27-17(19)20)13-23-18(21-2)22-8-4-10-25-11-5-9-24-25;/h5-7,9,11-12,17H,3-4,8,10,13H2,1-2H3,(H2,21,22,23);1H. The van der Waals surface area contributed by atoms with Crippen LogP contribution in [0.5, 0.6) is 11.5 Å². The highest BCUT2D eigenvalue weighted by molar-refractivity contribution is 14.0. The van der Waals surface area contributed by atoms with Crippen LogP contribution in [0.3, 0.4) is 0 Å². The topological polar surface area (TPSA) is 72.7 Å². The zero-order chi connectivity index (χ0) is 19.5. The number of hydrogen-bond acceptors (Lipinski definition) is 4. The Morgan fingerprint density at radius 1 is 1.29 bits per heavy atom. The average molecular weight is 509 g/mol. The molecule has 1 aromatic carbocycles. The van der Waals surface area contributed by atoms with Gasteiger partial charge in [0.15, 0.2) is 17.5 Å². The molecule has 0 saturated heterocycles. The lowest BCUT2D eigenvalue weighted by atomic mass is 10.2. The summed E-state index contributed by atoms with van der Waals surface area (Å²) in [5, 5.41) is 10.6. The molecule has 0 aliphatic rings. The van der Waals surface area contributed by atoms with Crippen LogP contribution >= 0.6 is 24.0 Å². The fourth-order valence-corrected chi connectivity index (χ4v) is 2.41. The number of aliphatic imine (C=N–C) groups is 1. The smallest absolute Gasteiger partial charge is 0.387 e. The molecular formula is C18H26F2IN5O2. The molecule has 0 aliphatic heterocycles. The van der Waals surface area contributed by atoms with Crippen molar-refractivity contribution in [2.75, 3.05) is 20.2 Å². The third kappa shape index (κ3) is 8.28. The molecule has 10 heteroatoms. The Morgan fingerprint density at radius 3 is 2.75 bits per heavy atom. The molecule has 0 spiro atoms. The molecule has 7 nitrogen and oxygen atoms in total. The van der Waals surface area contributed by atoms with E-state index in [1.807, 2.05) is 16.9 Å². The molecule has 0 saturated carbocycles. The second-order valence-corrected chi connectivity index (χ2v) is 5.57. The Bertz CT molecular complexity index is 714. The Kier molecular flexibility index (Phi) is 11.2. The van der Waals surface area contributed by atoms with Crippen LogP contribution in [0.2, 0.25) is 0 Å². The zero-order valence-electron chi connectivity index (χ0n) is 15.9. The van der Waals surface area contributed by atoms with Gasteiger partial charge < -0.3 is 20.1 Å². The molecule has 2 rings (SSSR count). The predicted molar refractivity (Wildman–Crippen MR) is 115 cm³/mol. The van der Waals surface area contributed by atoms with Crippen molar-refractivity contribution in [2.45, 2.75) is 33.0 Å². The van der Waals surface area contributed by atoms with Gasteiger partial charge in [0.25, 0.3) is 0 Å². The van der Waals surface area contributed by atoms with Gasteiger partial charge in [-0.05, 0) is 37.1 Å². The van der Waals surface area contributed by atoms with Gasteiger partial charge in [-0.3, -0.25) is 9.67 Å². The van der Waals surface area contributed by atoms with Gasteiger partial charge in [-0.25, -0.2) is 0 Å². The first-order valence-electron chi connectivity index (χ1n) is 8.74. The Balaban J connectivity index is 0.00000392. The summed E-state index contributed by atoms with van der Waals surface area (Å²) in [4.78, 5) is 4.17. The lowest BCUT2D eigenvalue weighted by Crippen LogP contribution is -2.37. The summed E-state index contributed by atoms with van der Waals surface area (Å²) in [5.41, 5.74) is 0.861. The van der Waals surface area contributed by atoms with Crippen LogP contribution in [0.25, 0.3) is 0 Å². The molecule has 0 amide bonds. The minimum absolute atomic E-state index is 0. The summed E-state index contributed by atoms with van der Waals surface area (Å²) in [6.45, 7) is 1.28. The molecule has 2 aromatic rings. The van der Waals surface area contributed by atoms with Crippen molar-refractivity contribution in [1.29, 1.82) is 0 Å². The summed E-state index contributed by atoms with van der Waals surface area (Å²) in [6, 6.07) is 6.76. The third-order valence-corrected chi connectivity index (χ3v) is 3.62. The fraction of sp³-hybridized carbons (Fsp3) is 0.444. The van der Waals surface area contributed by atoms with Gasteiger partial charge in [-0.1, -0.05) is 6.07 Å². The third-order valence-electron chi connectivity index (χ3n) is 3.62. The molecule has 0 atom stereocenters. The number of nitrogens with zero attached hydrogens (tertiary/aromatic N) is 3. The maximum absolute atomic E-state index is 12.5. The van der Waals surface area contributed by atoms with Gasteiger partial charge in [-0.2, -0.15) is 13.9 Å². The average Bonchev–Trinajstić information content (AvgIpc) is 3.16. The summed E-state index contributed by atoms with van der Waals surface area (Å²) in [7, 11) is 1.69. The van der Waals surface area contributed by atoms with E-state index in [9.17, 15) is 8.78 Å². The maximum Gasteiger partial charge on any atom is 0.387 e. The molecule has 0 radical (unpaired) electrons. The van der Waals surface area contributed by atoms with Crippen LogP contribution in [-0.4, -0.2) is 42.6 Å². The van der Waals surface area contributed by atoms with Crippen molar-refractivity contribution in [1.82, 2.24) is 20.4 Å².